The maximum Gasteiger partial charge on any atom is 0.226 e. The highest BCUT2D eigenvalue weighted by molar-refractivity contribution is 5.87. The third-order valence-corrected chi connectivity index (χ3v) is 5.29. The number of nitrogens with zero attached hydrogens (tertiary/aromatic N) is 1. The van der Waals surface area contributed by atoms with Gasteiger partial charge in [0.1, 0.15) is 0 Å². The summed E-state index contributed by atoms with van der Waals surface area (Å²) in [5.74, 6) is 0.497. The zero-order valence-electron chi connectivity index (χ0n) is 12.1. The van der Waals surface area contributed by atoms with Crippen LogP contribution in [0.2, 0.25) is 0 Å². The Morgan fingerprint density at radius 1 is 1.35 bits per heavy atom. The van der Waals surface area contributed by atoms with Gasteiger partial charge in [-0.05, 0) is 37.8 Å². The van der Waals surface area contributed by atoms with E-state index in [1.165, 1.54) is 22.2 Å². The molecule has 2 aliphatic rings. The normalized spacial score (nSPS) is 29.4. The van der Waals surface area contributed by atoms with Crippen molar-refractivity contribution in [2.75, 3.05) is 6.54 Å². The number of aromatic nitrogens is 1. The second kappa shape index (κ2) is 3.87. The maximum absolute atomic E-state index is 12.5. The van der Waals surface area contributed by atoms with Crippen molar-refractivity contribution < 1.29 is 4.79 Å². The molecule has 3 nitrogen and oxygen atoms in total. The highest BCUT2D eigenvalue weighted by Gasteiger charge is 2.47. The van der Waals surface area contributed by atoms with Gasteiger partial charge in [-0.3, -0.25) is 4.79 Å². The van der Waals surface area contributed by atoms with Crippen molar-refractivity contribution in [2.24, 2.45) is 5.92 Å². The molecule has 3 heteroatoms. The summed E-state index contributed by atoms with van der Waals surface area (Å²) in [6.07, 6.45) is 3.01. The number of aromatic amines is 1. The first-order chi connectivity index (χ1) is 9.61. The van der Waals surface area contributed by atoms with Gasteiger partial charge in [0.2, 0.25) is 5.91 Å². The molecule has 2 aliphatic heterocycles. The van der Waals surface area contributed by atoms with E-state index in [2.05, 4.69) is 48.0 Å². The summed E-state index contributed by atoms with van der Waals surface area (Å²) < 4.78 is 0. The van der Waals surface area contributed by atoms with Crippen LogP contribution < -0.4 is 0 Å². The fourth-order valence-electron chi connectivity index (χ4n) is 4.03. The lowest BCUT2D eigenvalue weighted by Crippen LogP contribution is -2.56. The number of carbonyl (C=O) groups excluding carboxylic acids is 1. The Balaban J connectivity index is 1.92. The van der Waals surface area contributed by atoms with E-state index in [9.17, 15) is 4.79 Å². The standard InChI is InChI=1S/C17H20N2O/c1-11-7-9-17(2)15-13(8-10-19(17)16(11)20)12-5-3-4-6-14(12)18-15/h3-6,11,18H,7-10H2,1-2H3/t11-,17+/m0/s1. The number of carbonyl (C=O) groups is 1. The molecular weight excluding hydrogens is 248 g/mol. The molecule has 1 amide bonds. The van der Waals surface area contributed by atoms with Crippen LogP contribution >= 0.6 is 0 Å². The molecule has 1 saturated heterocycles. The highest BCUT2D eigenvalue weighted by Crippen LogP contribution is 2.45. The van der Waals surface area contributed by atoms with Crippen LogP contribution in [0.4, 0.5) is 0 Å². The number of amides is 1. The van der Waals surface area contributed by atoms with Crippen LogP contribution in [0.1, 0.15) is 37.9 Å². The van der Waals surface area contributed by atoms with E-state index in [4.69, 9.17) is 0 Å². The van der Waals surface area contributed by atoms with Crippen molar-refractivity contribution in [3.05, 3.63) is 35.5 Å². The number of hydrogen-bond donors (Lipinski definition) is 1. The average molecular weight is 268 g/mol. The van der Waals surface area contributed by atoms with Crippen molar-refractivity contribution in [2.45, 2.75) is 38.6 Å². The van der Waals surface area contributed by atoms with Gasteiger partial charge in [-0.15, -0.1) is 0 Å². The van der Waals surface area contributed by atoms with Gasteiger partial charge in [-0.25, -0.2) is 0 Å². The summed E-state index contributed by atoms with van der Waals surface area (Å²) in [7, 11) is 0. The molecule has 2 aromatic rings. The second-order valence-electron chi connectivity index (χ2n) is 6.48. The predicted molar refractivity (Wildman–Crippen MR) is 79.5 cm³/mol. The monoisotopic (exact) mass is 268 g/mol. The number of H-pyrrole nitrogens is 1. The van der Waals surface area contributed by atoms with E-state index < -0.39 is 0 Å². The van der Waals surface area contributed by atoms with E-state index in [0.29, 0.717) is 5.91 Å². The number of hydrogen-bond acceptors (Lipinski definition) is 1. The Morgan fingerprint density at radius 3 is 3.00 bits per heavy atom. The van der Waals surface area contributed by atoms with Crippen LogP contribution in [-0.4, -0.2) is 22.3 Å². The number of fused-ring (bicyclic) bond motifs is 5. The Hall–Kier alpha value is -1.77. The minimum Gasteiger partial charge on any atom is -0.356 e. The molecule has 0 radical (unpaired) electrons. The smallest absolute Gasteiger partial charge is 0.226 e. The SMILES string of the molecule is C[C@H]1CC[C@]2(C)c3[nH]c4ccccc4c3CCN2C1=O. The van der Waals surface area contributed by atoms with Gasteiger partial charge in [0, 0.05) is 29.1 Å². The molecular formula is C17H20N2O. The van der Waals surface area contributed by atoms with Crippen molar-refractivity contribution in [1.82, 2.24) is 9.88 Å². The summed E-state index contributed by atoms with van der Waals surface area (Å²) >= 11 is 0. The van der Waals surface area contributed by atoms with Crippen LogP contribution in [0.5, 0.6) is 0 Å². The molecule has 1 fully saturated rings. The molecule has 104 valence electrons. The lowest BCUT2D eigenvalue weighted by Gasteiger charge is -2.49. The number of rotatable bonds is 0. The molecule has 0 spiro atoms. The third kappa shape index (κ3) is 1.38. The summed E-state index contributed by atoms with van der Waals surface area (Å²) in [5, 5.41) is 1.33. The lowest BCUT2D eigenvalue weighted by molar-refractivity contribution is -0.148. The van der Waals surface area contributed by atoms with Gasteiger partial charge in [0.15, 0.2) is 0 Å². The van der Waals surface area contributed by atoms with Gasteiger partial charge < -0.3 is 9.88 Å². The minimum absolute atomic E-state index is 0.143. The summed E-state index contributed by atoms with van der Waals surface area (Å²) in [6, 6.07) is 8.49. The Bertz CT molecular complexity index is 702. The molecule has 1 aromatic carbocycles. The number of piperidine rings is 1. The molecule has 0 saturated carbocycles. The van der Waals surface area contributed by atoms with Crippen molar-refractivity contribution >= 4 is 16.8 Å². The first kappa shape index (κ1) is 12.0. The average Bonchev–Trinajstić information content (AvgIpc) is 2.84. The Morgan fingerprint density at radius 2 is 2.15 bits per heavy atom. The second-order valence-corrected chi connectivity index (χ2v) is 6.48. The third-order valence-electron chi connectivity index (χ3n) is 5.29. The van der Waals surface area contributed by atoms with Gasteiger partial charge >= 0.3 is 0 Å². The first-order valence-electron chi connectivity index (χ1n) is 7.53. The molecule has 4 rings (SSSR count). The molecule has 1 N–H and O–H groups in total. The van der Waals surface area contributed by atoms with Crippen molar-refractivity contribution in [1.29, 1.82) is 0 Å². The van der Waals surface area contributed by atoms with Crippen LogP contribution in [0.15, 0.2) is 24.3 Å². The largest absolute Gasteiger partial charge is 0.356 e. The van der Waals surface area contributed by atoms with Gasteiger partial charge in [-0.1, -0.05) is 25.1 Å². The topological polar surface area (TPSA) is 36.1 Å². The van der Waals surface area contributed by atoms with E-state index in [0.717, 1.165) is 25.8 Å². The summed E-state index contributed by atoms with van der Waals surface area (Å²) in [4.78, 5) is 18.2. The lowest BCUT2D eigenvalue weighted by atomic mass is 9.77. The van der Waals surface area contributed by atoms with Crippen LogP contribution in [0.25, 0.3) is 10.9 Å². The van der Waals surface area contributed by atoms with Gasteiger partial charge in [-0.2, -0.15) is 0 Å². The van der Waals surface area contributed by atoms with E-state index in [1.807, 2.05) is 0 Å². The van der Waals surface area contributed by atoms with E-state index in [-0.39, 0.29) is 11.5 Å². The number of nitrogens with one attached hydrogen (secondary N) is 1. The summed E-state index contributed by atoms with van der Waals surface area (Å²) in [6.45, 7) is 5.14. The molecule has 1 aromatic heterocycles. The zero-order valence-corrected chi connectivity index (χ0v) is 12.1. The minimum atomic E-state index is -0.143. The fraction of sp³-hybridized carbons (Fsp3) is 0.471. The van der Waals surface area contributed by atoms with E-state index in [1.54, 1.807) is 0 Å². The van der Waals surface area contributed by atoms with Crippen LogP contribution in [-0.2, 0) is 16.8 Å². The maximum atomic E-state index is 12.5. The fourth-order valence-corrected chi connectivity index (χ4v) is 4.03. The molecule has 2 atom stereocenters. The van der Waals surface area contributed by atoms with Gasteiger partial charge in [0.25, 0.3) is 0 Å². The van der Waals surface area contributed by atoms with Gasteiger partial charge in [0.05, 0.1) is 5.54 Å². The van der Waals surface area contributed by atoms with Crippen LogP contribution in [0.3, 0.4) is 0 Å². The molecule has 0 aliphatic carbocycles. The van der Waals surface area contributed by atoms with E-state index >= 15 is 0 Å². The predicted octanol–water partition coefficient (Wildman–Crippen LogP) is 3.20. The highest BCUT2D eigenvalue weighted by atomic mass is 16.2. The molecule has 0 bridgehead atoms. The van der Waals surface area contributed by atoms with Crippen molar-refractivity contribution in [3.63, 3.8) is 0 Å². The Labute approximate surface area is 119 Å². The molecule has 3 heterocycles. The molecule has 0 unspecified atom stereocenters. The number of para-hydroxylation sites is 1. The first-order valence-corrected chi connectivity index (χ1v) is 7.53. The quantitative estimate of drug-likeness (QED) is 0.782. The summed E-state index contributed by atoms with van der Waals surface area (Å²) in [5.41, 5.74) is 3.74. The van der Waals surface area contributed by atoms with Crippen LogP contribution in [0, 0.1) is 5.92 Å². The zero-order chi connectivity index (χ0) is 13.9. The Kier molecular flexibility index (Phi) is 2.33. The van der Waals surface area contributed by atoms with Crippen molar-refractivity contribution in [3.8, 4) is 0 Å². The molecule has 20 heavy (non-hydrogen) atoms. The number of benzene rings is 1.